The zero-order valence-electron chi connectivity index (χ0n) is 11.0. The van der Waals surface area contributed by atoms with Gasteiger partial charge in [0, 0.05) is 17.0 Å². The molecular weight excluding hydrogens is 248 g/mol. The molecule has 6 heteroatoms. The van der Waals surface area contributed by atoms with Crippen LogP contribution >= 0.6 is 11.8 Å². The van der Waals surface area contributed by atoms with Crippen LogP contribution in [0.1, 0.15) is 20.8 Å². The van der Waals surface area contributed by atoms with E-state index < -0.39 is 0 Å². The Labute approximate surface area is 111 Å². The highest BCUT2D eigenvalue weighted by Gasteiger charge is 2.17. The highest BCUT2D eigenvalue weighted by molar-refractivity contribution is 8.00. The molecule has 0 atom stereocenters. The van der Waals surface area contributed by atoms with Crippen molar-refractivity contribution in [3.63, 3.8) is 0 Å². The Morgan fingerprint density at radius 2 is 2.17 bits per heavy atom. The lowest BCUT2D eigenvalue weighted by molar-refractivity contribution is 0.404. The Bertz CT molecular complexity index is 559. The molecule has 0 aliphatic rings. The maximum absolute atomic E-state index is 5.46. The third-order valence-corrected chi connectivity index (χ3v) is 3.50. The van der Waals surface area contributed by atoms with Crippen molar-refractivity contribution in [3.05, 3.63) is 18.5 Å². The van der Waals surface area contributed by atoms with Crippen LogP contribution in [-0.2, 0) is 0 Å². The van der Waals surface area contributed by atoms with E-state index in [-0.39, 0.29) is 4.75 Å². The van der Waals surface area contributed by atoms with Crippen molar-refractivity contribution in [2.45, 2.75) is 30.4 Å². The Morgan fingerprint density at radius 1 is 1.44 bits per heavy atom. The number of rotatable bonds is 3. The van der Waals surface area contributed by atoms with E-state index >= 15 is 0 Å². The molecule has 98 valence electrons. The van der Waals surface area contributed by atoms with Crippen molar-refractivity contribution < 1.29 is 4.74 Å². The number of pyridine rings is 1. The monoisotopic (exact) mass is 266 g/mol. The highest BCUT2D eigenvalue weighted by Crippen LogP contribution is 2.38. The van der Waals surface area contributed by atoms with Gasteiger partial charge in [0.25, 0.3) is 0 Å². The summed E-state index contributed by atoms with van der Waals surface area (Å²) in [5.41, 5.74) is 3.43. The van der Waals surface area contributed by atoms with Crippen LogP contribution in [0.2, 0.25) is 0 Å². The first-order valence-electron chi connectivity index (χ1n) is 5.65. The smallest absolute Gasteiger partial charge is 0.144 e. The fourth-order valence-electron chi connectivity index (χ4n) is 1.66. The van der Waals surface area contributed by atoms with Crippen molar-refractivity contribution in [3.8, 4) is 5.75 Å². The molecule has 0 fully saturated rings. The zero-order chi connectivity index (χ0) is 13.3. The predicted molar refractivity (Wildman–Crippen MR) is 75.2 cm³/mol. The molecule has 0 amide bonds. The van der Waals surface area contributed by atoms with E-state index in [1.807, 2.05) is 16.7 Å². The normalized spacial score (nSPS) is 11.8. The molecule has 5 nitrogen and oxygen atoms in total. The summed E-state index contributed by atoms with van der Waals surface area (Å²) in [5, 5.41) is 0. The van der Waals surface area contributed by atoms with Crippen LogP contribution in [0.4, 0.5) is 5.82 Å². The Hall–Kier alpha value is -1.40. The molecule has 18 heavy (non-hydrogen) atoms. The molecule has 0 spiro atoms. The van der Waals surface area contributed by atoms with E-state index in [4.69, 9.17) is 10.6 Å². The molecule has 2 heterocycles. The molecule has 0 aliphatic heterocycles. The molecule has 0 saturated heterocycles. The summed E-state index contributed by atoms with van der Waals surface area (Å²) in [7, 11) is 1.67. The fourth-order valence-corrected chi connectivity index (χ4v) is 2.72. The van der Waals surface area contributed by atoms with Crippen molar-refractivity contribution in [2.75, 3.05) is 12.5 Å². The summed E-state index contributed by atoms with van der Waals surface area (Å²) >= 11 is 1.75. The third-order valence-electron chi connectivity index (χ3n) is 2.36. The number of fused-ring (bicyclic) bond motifs is 1. The Balaban J connectivity index is 2.55. The van der Waals surface area contributed by atoms with Crippen molar-refractivity contribution in [2.24, 2.45) is 5.84 Å². The fraction of sp³-hybridized carbons (Fsp3) is 0.417. The number of nitrogens with zero attached hydrogens (tertiary/aromatic N) is 2. The van der Waals surface area contributed by atoms with Crippen LogP contribution in [0.3, 0.4) is 0 Å². The molecule has 2 aromatic rings. The third kappa shape index (κ3) is 2.54. The van der Waals surface area contributed by atoms with Gasteiger partial charge in [-0.15, -0.1) is 11.8 Å². The van der Waals surface area contributed by atoms with Gasteiger partial charge in [-0.05, 0) is 0 Å². The van der Waals surface area contributed by atoms with Gasteiger partial charge in [0.1, 0.15) is 17.2 Å². The minimum atomic E-state index is 0.109. The van der Waals surface area contributed by atoms with Crippen LogP contribution in [0.15, 0.2) is 23.4 Å². The first-order chi connectivity index (χ1) is 8.44. The lowest BCUT2D eigenvalue weighted by Gasteiger charge is -2.19. The number of aromatic nitrogens is 2. The number of nitrogen functional groups attached to an aromatic ring is 1. The van der Waals surface area contributed by atoms with Crippen molar-refractivity contribution >= 4 is 23.2 Å². The Morgan fingerprint density at radius 3 is 2.72 bits per heavy atom. The van der Waals surface area contributed by atoms with Gasteiger partial charge in [-0.3, -0.25) is 4.40 Å². The van der Waals surface area contributed by atoms with Crippen molar-refractivity contribution in [1.82, 2.24) is 9.38 Å². The Kier molecular flexibility index (Phi) is 3.41. The topological polar surface area (TPSA) is 64.6 Å². The van der Waals surface area contributed by atoms with E-state index in [0.29, 0.717) is 0 Å². The van der Waals surface area contributed by atoms with Gasteiger partial charge in [0.05, 0.1) is 18.2 Å². The van der Waals surface area contributed by atoms with Gasteiger partial charge in [0.2, 0.25) is 0 Å². The molecular formula is C12H18N4OS. The molecule has 0 saturated carbocycles. The van der Waals surface area contributed by atoms with Crippen LogP contribution in [0.5, 0.6) is 5.75 Å². The van der Waals surface area contributed by atoms with Gasteiger partial charge in [-0.1, -0.05) is 20.8 Å². The number of hydrogen-bond acceptors (Lipinski definition) is 5. The molecule has 3 N–H and O–H groups in total. The molecule has 0 aromatic carbocycles. The second-order valence-electron chi connectivity index (χ2n) is 4.94. The van der Waals surface area contributed by atoms with Crippen molar-refractivity contribution in [1.29, 1.82) is 0 Å². The number of ether oxygens (including phenoxy) is 1. The van der Waals surface area contributed by atoms with E-state index in [0.717, 1.165) is 22.1 Å². The quantitative estimate of drug-likeness (QED) is 0.508. The number of hydrogen-bond donors (Lipinski definition) is 2. The van der Waals surface area contributed by atoms with Crippen LogP contribution in [-0.4, -0.2) is 21.2 Å². The summed E-state index contributed by atoms with van der Waals surface area (Å²) in [5.74, 6) is 7.04. The first-order valence-corrected chi connectivity index (χ1v) is 6.47. The van der Waals surface area contributed by atoms with Gasteiger partial charge in [-0.25, -0.2) is 10.8 Å². The lowest BCUT2D eigenvalue weighted by Crippen LogP contribution is -2.10. The molecule has 0 bridgehead atoms. The SMILES string of the molecule is COc1cc2ncc(NN)n2cc1SC(C)(C)C. The van der Waals surface area contributed by atoms with Crippen LogP contribution in [0, 0.1) is 0 Å². The average molecular weight is 266 g/mol. The minimum absolute atomic E-state index is 0.109. The number of anilines is 1. The number of thioether (sulfide) groups is 1. The highest BCUT2D eigenvalue weighted by atomic mass is 32.2. The van der Waals surface area contributed by atoms with Gasteiger partial charge in [-0.2, -0.15) is 0 Å². The van der Waals surface area contributed by atoms with Crippen LogP contribution in [0.25, 0.3) is 5.65 Å². The van der Waals surface area contributed by atoms with E-state index in [2.05, 4.69) is 31.2 Å². The molecule has 2 aromatic heterocycles. The molecule has 0 unspecified atom stereocenters. The maximum Gasteiger partial charge on any atom is 0.144 e. The summed E-state index contributed by atoms with van der Waals surface area (Å²) in [6, 6.07) is 1.91. The van der Waals surface area contributed by atoms with Gasteiger partial charge >= 0.3 is 0 Å². The lowest BCUT2D eigenvalue weighted by atomic mass is 10.3. The average Bonchev–Trinajstić information content (AvgIpc) is 2.67. The second kappa shape index (κ2) is 4.70. The number of nitrogens with one attached hydrogen (secondary N) is 1. The summed E-state index contributed by atoms with van der Waals surface area (Å²) in [6.07, 6.45) is 3.69. The van der Waals surface area contributed by atoms with E-state index in [1.165, 1.54) is 0 Å². The summed E-state index contributed by atoms with van der Waals surface area (Å²) < 4.78 is 7.44. The summed E-state index contributed by atoms with van der Waals surface area (Å²) in [6.45, 7) is 6.49. The molecule has 0 radical (unpaired) electrons. The van der Waals surface area contributed by atoms with E-state index in [1.54, 1.807) is 25.1 Å². The minimum Gasteiger partial charge on any atom is -0.495 e. The standard InChI is InChI=1S/C12H18N4OS/c1-12(2,3)18-9-7-16-10(5-8(9)17-4)14-6-11(16)15-13/h5-7,15H,13H2,1-4H3. The zero-order valence-corrected chi connectivity index (χ0v) is 11.8. The van der Waals surface area contributed by atoms with Crippen LogP contribution < -0.4 is 16.0 Å². The molecule has 2 rings (SSSR count). The number of imidazole rings is 1. The largest absolute Gasteiger partial charge is 0.495 e. The number of nitrogens with two attached hydrogens (primary N) is 1. The van der Waals surface area contributed by atoms with E-state index in [9.17, 15) is 0 Å². The molecule has 0 aliphatic carbocycles. The number of methoxy groups -OCH3 is 1. The number of hydrazine groups is 1. The maximum atomic E-state index is 5.46. The second-order valence-corrected chi connectivity index (χ2v) is 6.81. The van der Waals surface area contributed by atoms with Gasteiger partial charge < -0.3 is 10.2 Å². The first kappa shape index (κ1) is 13.0. The van der Waals surface area contributed by atoms with Gasteiger partial charge in [0.15, 0.2) is 0 Å². The summed E-state index contributed by atoms with van der Waals surface area (Å²) in [4.78, 5) is 5.33. The predicted octanol–water partition coefficient (Wildman–Crippen LogP) is 2.52.